The second-order valence-corrected chi connectivity index (χ2v) is 3.46. The van der Waals surface area contributed by atoms with E-state index in [4.69, 9.17) is 0 Å². The smallest absolute Gasteiger partial charge is 0.0711 e. The van der Waals surface area contributed by atoms with Crippen LogP contribution in [0.15, 0.2) is 49.0 Å². The van der Waals surface area contributed by atoms with Gasteiger partial charge in [0.15, 0.2) is 0 Å². The molecule has 0 fully saturated rings. The van der Waals surface area contributed by atoms with E-state index >= 15 is 0 Å². The fraction of sp³-hybridized carbons (Fsp3) is 0.0714. The molecule has 0 N–H and O–H groups in total. The third kappa shape index (κ3) is 1.96. The SMILES string of the molecule is C=Cc1ccccc1-c1cccc(C)n1. The molecular weight excluding hydrogens is 182 g/mol. The van der Waals surface area contributed by atoms with Crippen molar-refractivity contribution in [2.24, 2.45) is 0 Å². The van der Waals surface area contributed by atoms with E-state index in [2.05, 4.69) is 17.6 Å². The van der Waals surface area contributed by atoms with Crippen LogP contribution in [0.4, 0.5) is 0 Å². The van der Waals surface area contributed by atoms with Gasteiger partial charge in [0, 0.05) is 11.3 Å². The van der Waals surface area contributed by atoms with Gasteiger partial charge < -0.3 is 0 Å². The normalized spacial score (nSPS) is 9.93. The van der Waals surface area contributed by atoms with Crippen molar-refractivity contribution in [3.05, 3.63) is 60.3 Å². The first-order valence-electron chi connectivity index (χ1n) is 4.97. The summed E-state index contributed by atoms with van der Waals surface area (Å²) in [6, 6.07) is 14.2. The zero-order valence-electron chi connectivity index (χ0n) is 8.77. The molecule has 0 saturated heterocycles. The predicted molar refractivity (Wildman–Crippen MR) is 64.5 cm³/mol. The van der Waals surface area contributed by atoms with Crippen molar-refractivity contribution in [1.29, 1.82) is 0 Å². The summed E-state index contributed by atoms with van der Waals surface area (Å²) in [6.07, 6.45) is 1.86. The van der Waals surface area contributed by atoms with E-state index in [0.717, 1.165) is 22.5 Å². The highest BCUT2D eigenvalue weighted by Crippen LogP contribution is 2.22. The summed E-state index contributed by atoms with van der Waals surface area (Å²) < 4.78 is 0. The molecular formula is C14H13N. The molecule has 74 valence electrons. The van der Waals surface area contributed by atoms with Crippen LogP contribution in [0.1, 0.15) is 11.3 Å². The Morgan fingerprint density at radius 1 is 1.07 bits per heavy atom. The van der Waals surface area contributed by atoms with Crippen LogP contribution >= 0.6 is 0 Å². The number of nitrogens with zero attached hydrogens (tertiary/aromatic N) is 1. The standard InChI is InChI=1S/C14H13N/c1-3-12-8-4-5-9-13(12)14-10-6-7-11(2)15-14/h3-10H,1H2,2H3. The van der Waals surface area contributed by atoms with Gasteiger partial charge in [0.25, 0.3) is 0 Å². The van der Waals surface area contributed by atoms with E-state index in [1.165, 1.54) is 0 Å². The Labute approximate surface area is 90.1 Å². The van der Waals surface area contributed by atoms with Gasteiger partial charge in [-0.05, 0) is 24.6 Å². The average Bonchev–Trinajstić information content (AvgIpc) is 2.29. The molecule has 0 radical (unpaired) electrons. The highest BCUT2D eigenvalue weighted by molar-refractivity contribution is 5.72. The number of benzene rings is 1. The highest BCUT2D eigenvalue weighted by atomic mass is 14.7. The fourth-order valence-corrected chi connectivity index (χ4v) is 1.60. The molecule has 2 aromatic rings. The number of hydrogen-bond acceptors (Lipinski definition) is 1. The van der Waals surface area contributed by atoms with E-state index in [-0.39, 0.29) is 0 Å². The number of pyridine rings is 1. The second-order valence-electron chi connectivity index (χ2n) is 3.46. The van der Waals surface area contributed by atoms with Crippen molar-refractivity contribution in [2.75, 3.05) is 0 Å². The Morgan fingerprint density at radius 3 is 2.60 bits per heavy atom. The molecule has 15 heavy (non-hydrogen) atoms. The van der Waals surface area contributed by atoms with Crippen LogP contribution in [-0.4, -0.2) is 4.98 Å². The minimum absolute atomic E-state index is 1.01. The van der Waals surface area contributed by atoms with Gasteiger partial charge in [-0.25, -0.2) is 0 Å². The molecule has 0 spiro atoms. The summed E-state index contributed by atoms with van der Waals surface area (Å²) in [5, 5.41) is 0. The van der Waals surface area contributed by atoms with Crippen molar-refractivity contribution in [3.63, 3.8) is 0 Å². The van der Waals surface area contributed by atoms with E-state index in [1.54, 1.807) is 0 Å². The first-order chi connectivity index (χ1) is 7.31. The highest BCUT2D eigenvalue weighted by Gasteiger charge is 2.02. The average molecular weight is 195 g/mol. The number of aryl methyl sites for hydroxylation is 1. The number of rotatable bonds is 2. The topological polar surface area (TPSA) is 12.9 Å². The molecule has 0 bridgehead atoms. The van der Waals surface area contributed by atoms with Crippen LogP contribution in [0.5, 0.6) is 0 Å². The molecule has 1 aromatic carbocycles. The van der Waals surface area contributed by atoms with Crippen LogP contribution in [0.3, 0.4) is 0 Å². The third-order valence-corrected chi connectivity index (χ3v) is 2.34. The van der Waals surface area contributed by atoms with Crippen LogP contribution < -0.4 is 0 Å². The van der Waals surface area contributed by atoms with Gasteiger partial charge in [-0.15, -0.1) is 0 Å². The summed E-state index contributed by atoms with van der Waals surface area (Å²) in [5.74, 6) is 0. The Bertz CT molecular complexity index is 486. The van der Waals surface area contributed by atoms with Crippen molar-refractivity contribution in [3.8, 4) is 11.3 Å². The molecule has 1 heterocycles. The number of aromatic nitrogens is 1. The molecule has 0 saturated carbocycles. The Balaban J connectivity index is 2.58. The second kappa shape index (κ2) is 4.09. The molecule has 1 heteroatoms. The van der Waals surface area contributed by atoms with Gasteiger partial charge in [0.05, 0.1) is 5.69 Å². The summed E-state index contributed by atoms with van der Waals surface area (Å²) in [7, 11) is 0. The maximum absolute atomic E-state index is 4.50. The zero-order chi connectivity index (χ0) is 10.7. The molecule has 1 aromatic heterocycles. The lowest BCUT2D eigenvalue weighted by atomic mass is 10.0. The summed E-state index contributed by atoms with van der Waals surface area (Å²) in [4.78, 5) is 4.50. The summed E-state index contributed by atoms with van der Waals surface area (Å²) in [6.45, 7) is 5.81. The first-order valence-corrected chi connectivity index (χ1v) is 4.97. The molecule has 1 nitrogen and oxygen atoms in total. The monoisotopic (exact) mass is 195 g/mol. The van der Waals surface area contributed by atoms with E-state index in [1.807, 2.05) is 49.4 Å². The van der Waals surface area contributed by atoms with Crippen molar-refractivity contribution < 1.29 is 0 Å². The van der Waals surface area contributed by atoms with Crippen LogP contribution in [-0.2, 0) is 0 Å². The zero-order valence-corrected chi connectivity index (χ0v) is 8.77. The van der Waals surface area contributed by atoms with Gasteiger partial charge in [-0.3, -0.25) is 4.98 Å². The molecule has 0 aliphatic carbocycles. The molecule has 2 rings (SSSR count). The van der Waals surface area contributed by atoms with Crippen LogP contribution in [0.2, 0.25) is 0 Å². The van der Waals surface area contributed by atoms with Gasteiger partial charge in [0.2, 0.25) is 0 Å². The number of hydrogen-bond donors (Lipinski definition) is 0. The van der Waals surface area contributed by atoms with Gasteiger partial charge in [-0.2, -0.15) is 0 Å². The Morgan fingerprint density at radius 2 is 1.87 bits per heavy atom. The lowest BCUT2D eigenvalue weighted by Gasteiger charge is -2.05. The molecule has 0 aliphatic rings. The minimum atomic E-state index is 1.01. The molecule has 0 atom stereocenters. The Hall–Kier alpha value is -1.89. The quantitative estimate of drug-likeness (QED) is 0.712. The summed E-state index contributed by atoms with van der Waals surface area (Å²) >= 11 is 0. The van der Waals surface area contributed by atoms with Gasteiger partial charge in [0.1, 0.15) is 0 Å². The minimum Gasteiger partial charge on any atom is -0.253 e. The van der Waals surface area contributed by atoms with E-state index in [9.17, 15) is 0 Å². The molecule has 0 amide bonds. The van der Waals surface area contributed by atoms with Gasteiger partial charge in [-0.1, -0.05) is 43.0 Å². The third-order valence-electron chi connectivity index (χ3n) is 2.34. The summed E-state index contributed by atoms with van der Waals surface area (Å²) in [5.41, 5.74) is 4.30. The molecule has 0 unspecified atom stereocenters. The van der Waals surface area contributed by atoms with Crippen molar-refractivity contribution in [2.45, 2.75) is 6.92 Å². The Kier molecular flexibility index (Phi) is 2.64. The fourth-order valence-electron chi connectivity index (χ4n) is 1.60. The lowest BCUT2D eigenvalue weighted by Crippen LogP contribution is -1.88. The maximum atomic E-state index is 4.50. The predicted octanol–water partition coefficient (Wildman–Crippen LogP) is 3.70. The van der Waals surface area contributed by atoms with Crippen LogP contribution in [0.25, 0.3) is 17.3 Å². The van der Waals surface area contributed by atoms with E-state index < -0.39 is 0 Å². The molecule has 0 aliphatic heterocycles. The lowest BCUT2D eigenvalue weighted by molar-refractivity contribution is 1.20. The maximum Gasteiger partial charge on any atom is 0.0711 e. The largest absolute Gasteiger partial charge is 0.253 e. The van der Waals surface area contributed by atoms with E-state index in [0.29, 0.717) is 0 Å². The van der Waals surface area contributed by atoms with Crippen molar-refractivity contribution >= 4 is 6.08 Å². The van der Waals surface area contributed by atoms with Crippen molar-refractivity contribution in [1.82, 2.24) is 4.98 Å². The van der Waals surface area contributed by atoms with Crippen LogP contribution in [0, 0.1) is 6.92 Å². The first kappa shape index (κ1) is 9.66. The van der Waals surface area contributed by atoms with Gasteiger partial charge >= 0.3 is 0 Å².